The summed E-state index contributed by atoms with van der Waals surface area (Å²) < 4.78 is 41.0. The number of aromatic hydroxyl groups is 1. The van der Waals surface area contributed by atoms with Crippen LogP contribution in [0, 0.1) is 5.82 Å². The lowest BCUT2D eigenvalue weighted by atomic mass is 10.1. The van der Waals surface area contributed by atoms with Gasteiger partial charge in [0.25, 0.3) is 0 Å². The Hall–Kier alpha value is -1.44. The van der Waals surface area contributed by atoms with Crippen molar-refractivity contribution >= 4 is 26.0 Å². The lowest BCUT2D eigenvalue weighted by Crippen LogP contribution is -2.27. The number of halogens is 2. The fraction of sp³-hybridized carbons (Fsp3) is 0.143. The summed E-state index contributed by atoms with van der Waals surface area (Å²) in [5.41, 5.74) is 0.580. The van der Waals surface area contributed by atoms with E-state index in [0.717, 1.165) is 6.07 Å². The molecule has 2 aromatic carbocycles. The Morgan fingerprint density at radius 2 is 1.95 bits per heavy atom. The molecule has 7 heteroatoms. The Balaban J connectivity index is 2.29. The molecule has 0 saturated heterocycles. The number of phenols is 1. The van der Waals surface area contributed by atoms with Gasteiger partial charge in [-0.25, -0.2) is 17.5 Å². The Morgan fingerprint density at radius 1 is 1.24 bits per heavy atom. The Labute approximate surface area is 130 Å². The quantitative estimate of drug-likeness (QED) is 0.863. The first-order chi connectivity index (χ1) is 9.79. The van der Waals surface area contributed by atoms with Gasteiger partial charge in [0.05, 0.1) is 0 Å². The maximum atomic E-state index is 13.8. The van der Waals surface area contributed by atoms with E-state index in [0.29, 0.717) is 10.0 Å². The van der Waals surface area contributed by atoms with E-state index in [4.69, 9.17) is 0 Å². The average molecular weight is 374 g/mol. The summed E-state index contributed by atoms with van der Waals surface area (Å²) in [4.78, 5) is -0.419. The van der Waals surface area contributed by atoms with Crippen LogP contribution in [0.2, 0.25) is 0 Å². The number of hydrogen-bond acceptors (Lipinski definition) is 3. The van der Waals surface area contributed by atoms with Crippen molar-refractivity contribution in [1.29, 1.82) is 0 Å². The topological polar surface area (TPSA) is 66.4 Å². The summed E-state index contributed by atoms with van der Waals surface area (Å²) in [6.45, 7) is 1.61. The molecule has 0 aliphatic heterocycles. The van der Waals surface area contributed by atoms with Crippen LogP contribution in [0.5, 0.6) is 5.75 Å². The molecule has 0 amide bonds. The first kappa shape index (κ1) is 15.9. The predicted molar refractivity (Wildman–Crippen MR) is 80.9 cm³/mol. The zero-order valence-electron chi connectivity index (χ0n) is 11.0. The first-order valence-electron chi connectivity index (χ1n) is 6.06. The summed E-state index contributed by atoms with van der Waals surface area (Å²) in [5.74, 6) is -0.798. The third-order valence-corrected chi connectivity index (χ3v) is 4.95. The molecule has 1 unspecified atom stereocenters. The monoisotopic (exact) mass is 373 g/mol. The van der Waals surface area contributed by atoms with Gasteiger partial charge in [-0.15, -0.1) is 0 Å². The molecule has 4 nitrogen and oxygen atoms in total. The standard InChI is InChI=1S/C14H13BrFNO3S/c1-9(10-3-2-4-12(18)7-10)17-21(19,20)14-6-5-11(15)8-13(14)16/h2-9,17-18H,1H3. The first-order valence-corrected chi connectivity index (χ1v) is 8.33. The highest BCUT2D eigenvalue weighted by Gasteiger charge is 2.22. The Morgan fingerprint density at radius 3 is 2.57 bits per heavy atom. The van der Waals surface area contributed by atoms with E-state index in [2.05, 4.69) is 20.7 Å². The van der Waals surface area contributed by atoms with Crippen LogP contribution < -0.4 is 4.72 Å². The molecule has 21 heavy (non-hydrogen) atoms. The lowest BCUT2D eigenvalue weighted by Gasteiger charge is -2.15. The number of benzene rings is 2. The van der Waals surface area contributed by atoms with E-state index >= 15 is 0 Å². The molecule has 2 aromatic rings. The van der Waals surface area contributed by atoms with E-state index in [9.17, 15) is 17.9 Å². The Bertz CT molecular complexity index is 765. The second-order valence-electron chi connectivity index (χ2n) is 4.51. The molecule has 0 spiro atoms. The third kappa shape index (κ3) is 3.81. The largest absolute Gasteiger partial charge is 0.508 e. The molecule has 0 bridgehead atoms. The maximum absolute atomic E-state index is 13.8. The Kier molecular flexibility index (Phi) is 4.65. The number of phenolic OH excluding ortho intramolecular Hbond substituents is 1. The van der Waals surface area contributed by atoms with Gasteiger partial charge in [-0.2, -0.15) is 0 Å². The fourth-order valence-corrected chi connectivity index (χ4v) is 3.48. The van der Waals surface area contributed by atoms with Gasteiger partial charge in [0.1, 0.15) is 16.5 Å². The van der Waals surface area contributed by atoms with Crippen LogP contribution in [-0.2, 0) is 10.0 Å². The van der Waals surface area contributed by atoms with E-state index in [-0.39, 0.29) is 5.75 Å². The lowest BCUT2D eigenvalue weighted by molar-refractivity contribution is 0.473. The van der Waals surface area contributed by atoms with Gasteiger partial charge in [0.15, 0.2) is 0 Å². The van der Waals surface area contributed by atoms with Crippen LogP contribution in [0.4, 0.5) is 4.39 Å². The van der Waals surface area contributed by atoms with Gasteiger partial charge in [0.2, 0.25) is 10.0 Å². The van der Waals surface area contributed by atoms with Gasteiger partial charge >= 0.3 is 0 Å². The number of nitrogens with one attached hydrogen (secondary N) is 1. The summed E-state index contributed by atoms with van der Waals surface area (Å²) in [7, 11) is -4.00. The second kappa shape index (κ2) is 6.13. The molecule has 0 radical (unpaired) electrons. The summed E-state index contributed by atoms with van der Waals surface area (Å²) in [6, 6.07) is 9.34. The van der Waals surface area contributed by atoms with E-state index in [1.54, 1.807) is 19.1 Å². The van der Waals surface area contributed by atoms with E-state index < -0.39 is 26.8 Å². The molecule has 1 atom stereocenters. The van der Waals surface area contributed by atoms with Crippen molar-refractivity contribution in [2.45, 2.75) is 17.9 Å². The highest BCUT2D eigenvalue weighted by Crippen LogP contribution is 2.23. The zero-order chi connectivity index (χ0) is 15.6. The summed E-state index contributed by atoms with van der Waals surface area (Å²) >= 11 is 3.08. The average Bonchev–Trinajstić information content (AvgIpc) is 2.37. The molecule has 112 valence electrons. The molecule has 0 aliphatic carbocycles. The predicted octanol–water partition coefficient (Wildman–Crippen LogP) is 3.33. The molecular weight excluding hydrogens is 361 g/mol. The maximum Gasteiger partial charge on any atom is 0.244 e. The van der Waals surface area contributed by atoms with E-state index in [1.807, 2.05) is 0 Å². The van der Waals surface area contributed by atoms with Crippen LogP contribution in [0.1, 0.15) is 18.5 Å². The molecule has 0 heterocycles. The molecular formula is C14H13BrFNO3S. The SMILES string of the molecule is CC(NS(=O)(=O)c1ccc(Br)cc1F)c1cccc(O)c1. The van der Waals surface area contributed by atoms with Gasteiger partial charge in [-0.3, -0.25) is 0 Å². The van der Waals surface area contributed by atoms with Crippen LogP contribution in [-0.4, -0.2) is 13.5 Å². The van der Waals surface area contributed by atoms with Crippen LogP contribution in [0.3, 0.4) is 0 Å². The van der Waals surface area contributed by atoms with Crippen LogP contribution >= 0.6 is 15.9 Å². The van der Waals surface area contributed by atoms with Gasteiger partial charge < -0.3 is 5.11 Å². The third-order valence-electron chi connectivity index (χ3n) is 2.89. The minimum absolute atomic E-state index is 0.0355. The fourth-order valence-electron chi connectivity index (χ4n) is 1.85. The minimum Gasteiger partial charge on any atom is -0.508 e. The molecule has 0 fully saturated rings. The summed E-state index contributed by atoms with van der Waals surface area (Å²) in [6.07, 6.45) is 0. The summed E-state index contributed by atoms with van der Waals surface area (Å²) in [5, 5.41) is 9.41. The van der Waals surface area contributed by atoms with E-state index in [1.165, 1.54) is 24.3 Å². The molecule has 2 rings (SSSR count). The van der Waals surface area contributed by atoms with Crippen molar-refractivity contribution in [2.24, 2.45) is 0 Å². The normalized spacial score (nSPS) is 13.1. The second-order valence-corrected chi connectivity index (χ2v) is 7.11. The number of sulfonamides is 1. The number of hydrogen-bond donors (Lipinski definition) is 2. The van der Waals surface area contributed by atoms with Crippen molar-refractivity contribution in [3.63, 3.8) is 0 Å². The smallest absolute Gasteiger partial charge is 0.244 e. The van der Waals surface area contributed by atoms with Crippen LogP contribution in [0.25, 0.3) is 0 Å². The number of rotatable bonds is 4. The molecule has 0 aliphatic rings. The van der Waals surface area contributed by atoms with Crippen molar-refractivity contribution in [3.8, 4) is 5.75 Å². The minimum atomic E-state index is -4.00. The van der Waals surface area contributed by atoms with Crippen molar-refractivity contribution < 1.29 is 17.9 Å². The highest BCUT2D eigenvalue weighted by atomic mass is 79.9. The van der Waals surface area contributed by atoms with Crippen molar-refractivity contribution in [1.82, 2.24) is 4.72 Å². The van der Waals surface area contributed by atoms with Crippen molar-refractivity contribution in [2.75, 3.05) is 0 Å². The van der Waals surface area contributed by atoms with Gasteiger partial charge in [-0.1, -0.05) is 28.1 Å². The molecule has 2 N–H and O–H groups in total. The van der Waals surface area contributed by atoms with Crippen LogP contribution in [0.15, 0.2) is 51.8 Å². The van der Waals surface area contributed by atoms with Crippen molar-refractivity contribution in [3.05, 3.63) is 58.3 Å². The molecule has 0 saturated carbocycles. The molecule has 0 aromatic heterocycles. The zero-order valence-corrected chi connectivity index (χ0v) is 13.4. The van der Waals surface area contributed by atoms with Gasteiger partial charge in [-0.05, 0) is 42.8 Å². The van der Waals surface area contributed by atoms with Gasteiger partial charge in [0, 0.05) is 10.5 Å². The highest BCUT2D eigenvalue weighted by molar-refractivity contribution is 9.10.